The molecule has 4 rings (SSSR count). The van der Waals surface area contributed by atoms with Crippen LogP contribution in [0.4, 0.5) is 4.39 Å². The van der Waals surface area contributed by atoms with E-state index in [0.29, 0.717) is 34.8 Å². The van der Waals surface area contributed by atoms with Gasteiger partial charge in [0, 0.05) is 30.2 Å². The molecule has 0 unspecified atom stereocenters. The smallest absolute Gasteiger partial charge is 0.262 e. The third-order valence-electron chi connectivity index (χ3n) is 5.90. The lowest BCUT2D eigenvalue weighted by Crippen LogP contribution is -2.39. The number of methoxy groups -OCH3 is 2. The van der Waals surface area contributed by atoms with E-state index in [1.807, 2.05) is 18.2 Å². The van der Waals surface area contributed by atoms with E-state index in [1.165, 1.54) is 16.0 Å². The van der Waals surface area contributed by atoms with E-state index in [9.17, 15) is 14.0 Å². The molecule has 1 aliphatic rings. The van der Waals surface area contributed by atoms with Gasteiger partial charge in [-0.25, -0.2) is 9.40 Å². The monoisotopic (exact) mass is 475 g/mol. The molecule has 0 saturated carbocycles. The van der Waals surface area contributed by atoms with Crippen molar-refractivity contribution < 1.29 is 23.5 Å². The van der Waals surface area contributed by atoms with Gasteiger partial charge in [0.1, 0.15) is 23.9 Å². The number of ether oxygens (including phenoxy) is 2. The van der Waals surface area contributed by atoms with Gasteiger partial charge < -0.3 is 14.4 Å². The van der Waals surface area contributed by atoms with E-state index in [-0.39, 0.29) is 12.5 Å². The van der Waals surface area contributed by atoms with Gasteiger partial charge in [0.05, 0.1) is 26.0 Å². The maximum Gasteiger partial charge on any atom is 0.262 e. The summed E-state index contributed by atoms with van der Waals surface area (Å²) in [5.41, 5.74) is 1.98. The van der Waals surface area contributed by atoms with Gasteiger partial charge in [0.25, 0.3) is 11.8 Å². The number of carbonyl (C=O) groups is 2. The molecule has 0 fully saturated rings. The summed E-state index contributed by atoms with van der Waals surface area (Å²) in [6.45, 7) is -0.204. The van der Waals surface area contributed by atoms with Crippen LogP contribution in [-0.4, -0.2) is 55.2 Å². The quantitative estimate of drug-likeness (QED) is 0.511. The molecule has 180 valence electrons. The molecule has 2 amide bonds. The average molecular weight is 476 g/mol. The van der Waals surface area contributed by atoms with E-state index in [4.69, 9.17) is 9.47 Å². The highest BCUT2D eigenvalue weighted by Crippen LogP contribution is 2.37. The van der Waals surface area contributed by atoms with E-state index in [2.05, 4.69) is 5.10 Å². The van der Waals surface area contributed by atoms with Gasteiger partial charge in [0.15, 0.2) is 0 Å². The molecule has 0 saturated heterocycles. The van der Waals surface area contributed by atoms with Crippen LogP contribution in [-0.2, 0) is 4.79 Å². The van der Waals surface area contributed by atoms with Crippen LogP contribution in [0.3, 0.4) is 0 Å². The first-order chi connectivity index (χ1) is 16.9. The molecule has 0 radical (unpaired) electrons. The summed E-state index contributed by atoms with van der Waals surface area (Å²) in [4.78, 5) is 27.6. The van der Waals surface area contributed by atoms with Gasteiger partial charge in [-0.05, 0) is 36.4 Å². The zero-order chi connectivity index (χ0) is 24.9. The number of hydrazone groups is 1. The molecule has 0 N–H and O–H groups in total. The molecule has 7 nitrogen and oxygen atoms in total. The van der Waals surface area contributed by atoms with Crippen LogP contribution >= 0.6 is 0 Å². The van der Waals surface area contributed by atoms with Crippen molar-refractivity contribution in [2.45, 2.75) is 12.5 Å². The Bertz CT molecular complexity index is 1260. The standard InChI is InChI=1S/C27H26FN3O4/c1-30(27(33)18-12-14-19(34-2)15-13-18)17-26(32)31-24(21-9-5-7-11-25(21)35-3)16-23(29-31)20-8-4-6-10-22(20)28/h4-15,24H,16-17H2,1-3H3/t24-/m0/s1. The number of hydrogen-bond donors (Lipinski definition) is 0. The van der Waals surface area contributed by atoms with E-state index < -0.39 is 17.8 Å². The minimum Gasteiger partial charge on any atom is -0.497 e. The van der Waals surface area contributed by atoms with Crippen molar-refractivity contribution in [3.8, 4) is 11.5 Å². The number of benzene rings is 3. The Kier molecular flexibility index (Phi) is 7.10. The van der Waals surface area contributed by atoms with Crippen LogP contribution in [0, 0.1) is 5.82 Å². The summed E-state index contributed by atoms with van der Waals surface area (Å²) in [5, 5.41) is 5.84. The second-order valence-electron chi connectivity index (χ2n) is 8.12. The number of nitrogens with zero attached hydrogens (tertiary/aromatic N) is 3. The van der Waals surface area contributed by atoms with Crippen molar-refractivity contribution in [1.82, 2.24) is 9.91 Å². The van der Waals surface area contributed by atoms with Crippen LogP contribution in [0.2, 0.25) is 0 Å². The normalized spacial score (nSPS) is 14.9. The van der Waals surface area contributed by atoms with E-state index in [1.54, 1.807) is 69.8 Å². The lowest BCUT2D eigenvalue weighted by atomic mass is 9.97. The SMILES string of the molecule is COc1ccc(C(=O)N(C)CC(=O)N2N=C(c3ccccc3F)C[C@H]2c2ccccc2OC)cc1. The molecule has 1 atom stereocenters. The minimum absolute atomic E-state index is 0.204. The van der Waals surface area contributed by atoms with Gasteiger partial charge in [-0.2, -0.15) is 5.10 Å². The highest BCUT2D eigenvalue weighted by Gasteiger charge is 2.36. The molecule has 8 heteroatoms. The van der Waals surface area contributed by atoms with Crippen molar-refractivity contribution in [2.24, 2.45) is 5.10 Å². The summed E-state index contributed by atoms with van der Waals surface area (Å²) in [6.07, 6.45) is 0.309. The zero-order valence-corrected chi connectivity index (χ0v) is 19.8. The van der Waals surface area contributed by atoms with E-state index in [0.717, 1.165) is 5.56 Å². The van der Waals surface area contributed by atoms with Crippen LogP contribution in [0.5, 0.6) is 11.5 Å². The first-order valence-corrected chi connectivity index (χ1v) is 11.1. The molecule has 0 aromatic heterocycles. The first-order valence-electron chi connectivity index (χ1n) is 11.1. The highest BCUT2D eigenvalue weighted by molar-refractivity contribution is 6.04. The average Bonchev–Trinajstić information content (AvgIpc) is 3.33. The number of likely N-dealkylation sites (N-methyl/N-ethyl adjacent to an activating group) is 1. The zero-order valence-electron chi connectivity index (χ0n) is 19.8. The summed E-state index contributed by atoms with van der Waals surface area (Å²) in [7, 11) is 4.66. The molecule has 0 aliphatic carbocycles. The largest absolute Gasteiger partial charge is 0.497 e. The Morgan fingerprint density at radius 1 is 1.00 bits per heavy atom. The predicted octanol–water partition coefficient (Wildman–Crippen LogP) is 4.29. The van der Waals surface area contributed by atoms with Crippen LogP contribution in [0.15, 0.2) is 77.9 Å². The van der Waals surface area contributed by atoms with Crippen LogP contribution < -0.4 is 9.47 Å². The minimum atomic E-state index is -0.502. The molecule has 35 heavy (non-hydrogen) atoms. The summed E-state index contributed by atoms with van der Waals surface area (Å²) < 4.78 is 25.2. The predicted molar refractivity (Wildman–Crippen MR) is 130 cm³/mol. The third kappa shape index (κ3) is 5.01. The summed E-state index contributed by atoms with van der Waals surface area (Å²) in [6, 6.07) is 19.8. The molecular formula is C27H26FN3O4. The van der Waals surface area contributed by atoms with Crippen LogP contribution in [0.25, 0.3) is 0 Å². The molecule has 1 heterocycles. The number of amides is 2. The van der Waals surface area contributed by atoms with Crippen molar-refractivity contribution in [3.63, 3.8) is 0 Å². The Balaban J connectivity index is 1.61. The number of carbonyl (C=O) groups excluding carboxylic acids is 2. The lowest BCUT2D eigenvalue weighted by molar-refractivity contribution is -0.133. The molecule has 0 bridgehead atoms. The van der Waals surface area contributed by atoms with Gasteiger partial charge >= 0.3 is 0 Å². The third-order valence-corrected chi connectivity index (χ3v) is 5.90. The van der Waals surface area contributed by atoms with Gasteiger partial charge in [-0.1, -0.05) is 36.4 Å². The Morgan fingerprint density at radius 2 is 1.69 bits per heavy atom. The fraction of sp³-hybridized carbons (Fsp3) is 0.222. The fourth-order valence-corrected chi connectivity index (χ4v) is 4.08. The summed E-state index contributed by atoms with van der Waals surface area (Å²) >= 11 is 0. The number of rotatable bonds is 7. The Hall–Kier alpha value is -4.20. The topological polar surface area (TPSA) is 71.4 Å². The van der Waals surface area contributed by atoms with Crippen LogP contribution in [0.1, 0.15) is 33.9 Å². The van der Waals surface area contributed by atoms with Crippen molar-refractivity contribution in [2.75, 3.05) is 27.8 Å². The van der Waals surface area contributed by atoms with Gasteiger partial charge in [0.2, 0.25) is 0 Å². The molecule has 0 spiro atoms. The number of hydrogen-bond acceptors (Lipinski definition) is 5. The van der Waals surface area contributed by atoms with Gasteiger partial charge in [-0.15, -0.1) is 0 Å². The summed E-state index contributed by atoms with van der Waals surface area (Å²) in [5.74, 6) is 0.116. The fourth-order valence-electron chi connectivity index (χ4n) is 4.08. The molecular weight excluding hydrogens is 449 g/mol. The Labute approximate surface area is 203 Å². The van der Waals surface area contributed by atoms with E-state index >= 15 is 0 Å². The first kappa shape index (κ1) is 23.9. The maximum atomic E-state index is 14.5. The van der Waals surface area contributed by atoms with Crippen molar-refractivity contribution in [3.05, 3.63) is 95.3 Å². The molecule has 3 aromatic rings. The molecule has 3 aromatic carbocycles. The lowest BCUT2D eigenvalue weighted by Gasteiger charge is -2.26. The number of halogens is 1. The van der Waals surface area contributed by atoms with Crippen molar-refractivity contribution >= 4 is 17.5 Å². The highest BCUT2D eigenvalue weighted by atomic mass is 19.1. The Morgan fingerprint density at radius 3 is 2.37 bits per heavy atom. The second kappa shape index (κ2) is 10.4. The maximum absolute atomic E-state index is 14.5. The van der Waals surface area contributed by atoms with Crippen molar-refractivity contribution in [1.29, 1.82) is 0 Å². The van der Waals surface area contributed by atoms with Gasteiger partial charge in [-0.3, -0.25) is 9.59 Å². The second-order valence-corrected chi connectivity index (χ2v) is 8.12. The number of para-hydroxylation sites is 1. The molecule has 1 aliphatic heterocycles.